The maximum Gasteiger partial charge on any atom is 0.165 e. The molecule has 0 aliphatic carbocycles. The van der Waals surface area contributed by atoms with Gasteiger partial charge in [-0.2, -0.15) is 0 Å². The van der Waals surface area contributed by atoms with Crippen molar-refractivity contribution in [3.8, 4) is 11.3 Å². The van der Waals surface area contributed by atoms with Crippen LogP contribution in [0.15, 0.2) is 36.4 Å². The number of carbonyl (C=O) groups is 1. The Kier molecular flexibility index (Phi) is 3.03. The summed E-state index contributed by atoms with van der Waals surface area (Å²) in [7, 11) is 0. The first kappa shape index (κ1) is 12.8. The van der Waals surface area contributed by atoms with Gasteiger partial charge in [0.25, 0.3) is 0 Å². The molecule has 1 N–H and O–H groups in total. The molecule has 0 radical (unpaired) electrons. The highest BCUT2D eigenvalue weighted by molar-refractivity contribution is 6.31. The van der Waals surface area contributed by atoms with Crippen LogP contribution in [0.2, 0.25) is 5.02 Å². The van der Waals surface area contributed by atoms with Crippen LogP contribution in [-0.2, 0) is 0 Å². The molecule has 3 rings (SSSR count). The zero-order chi connectivity index (χ0) is 14.3. The second-order valence-corrected chi connectivity index (χ2v) is 4.73. The summed E-state index contributed by atoms with van der Waals surface area (Å²) in [5, 5.41) is 0.378. The molecule has 0 saturated heterocycles. The van der Waals surface area contributed by atoms with Gasteiger partial charge in [-0.05, 0) is 18.2 Å². The first-order chi connectivity index (χ1) is 9.61. The lowest BCUT2D eigenvalue weighted by molar-refractivity contribution is 0.112. The van der Waals surface area contributed by atoms with Crippen molar-refractivity contribution in [2.45, 2.75) is 0 Å². The van der Waals surface area contributed by atoms with Crippen LogP contribution in [0.5, 0.6) is 0 Å². The lowest BCUT2D eigenvalue weighted by atomic mass is 10.1. The fraction of sp³-hybridized carbons (Fsp3) is 0. The van der Waals surface area contributed by atoms with Crippen molar-refractivity contribution in [3.05, 3.63) is 58.6 Å². The Bertz CT molecular complexity index is 826. The number of hydrogen-bond donors (Lipinski definition) is 1. The van der Waals surface area contributed by atoms with E-state index >= 15 is 0 Å². The Morgan fingerprint density at radius 2 is 1.95 bits per heavy atom. The summed E-state index contributed by atoms with van der Waals surface area (Å²) in [6.45, 7) is 0. The molecule has 20 heavy (non-hydrogen) atoms. The molecule has 0 saturated carbocycles. The third-order valence-corrected chi connectivity index (χ3v) is 3.43. The third kappa shape index (κ3) is 1.89. The summed E-state index contributed by atoms with van der Waals surface area (Å²) < 4.78 is 27.3. The van der Waals surface area contributed by atoms with Crippen molar-refractivity contribution >= 4 is 28.8 Å². The summed E-state index contributed by atoms with van der Waals surface area (Å²) in [6, 6.07) is 8.68. The van der Waals surface area contributed by atoms with Crippen molar-refractivity contribution in [1.29, 1.82) is 0 Å². The van der Waals surface area contributed by atoms with E-state index in [9.17, 15) is 13.6 Å². The summed E-state index contributed by atoms with van der Waals surface area (Å²) in [5.74, 6) is -1.06. The smallest absolute Gasteiger partial charge is 0.165 e. The van der Waals surface area contributed by atoms with Gasteiger partial charge < -0.3 is 4.98 Å². The molecule has 2 nitrogen and oxygen atoms in total. The zero-order valence-corrected chi connectivity index (χ0v) is 10.8. The molecule has 1 aromatic heterocycles. The van der Waals surface area contributed by atoms with Crippen molar-refractivity contribution in [2.75, 3.05) is 0 Å². The molecule has 0 unspecified atom stereocenters. The molecule has 0 aliphatic rings. The summed E-state index contributed by atoms with van der Waals surface area (Å²) >= 11 is 5.72. The predicted octanol–water partition coefficient (Wildman–Crippen LogP) is 4.58. The number of benzene rings is 2. The Morgan fingerprint density at radius 3 is 2.65 bits per heavy atom. The molecule has 0 bridgehead atoms. The third-order valence-electron chi connectivity index (χ3n) is 3.14. The van der Waals surface area contributed by atoms with Gasteiger partial charge in [-0.3, -0.25) is 4.79 Å². The number of nitrogens with one attached hydrogen (secondary N) is 1. The molecule has 0 amide bonds. The molecule has 3 aromatic rings. The monoisotopic (exact) mass is 291 g/mol. The van der Waals surface area contributed by atoms with E-state index in [2.05, 4.69) is 4.98 Å². The molecular formula is C15H8ClF2NO. The summed E-state index contributed by atoms with van der Waals surface area (Å²) in [6.07, 6.45) is 0.617. The van der Waals surface area contributed by atoms with Gasteiger partial charge in [-0.25, -0.2) is 8.78 Å². The van der Waals surface area contributed by atoms with Gasteiger partial charge in [-0.15, -0.1) is 0 Å². The zero-order valence-electron chi connectivity index (χ0n) is 10.1. The summed E-state index contributed by atoms with van der Waals surface area (Å²) in [5.41, 5.74) is 1.26. The van der Waals surface area contributed by atoms with Crippen LogP contribution >= 0.6 is 11.6 Å². The number of aromatic nitrogens is 1. The van der Waals surface area contributed by atoms with Crippen LogP contribution in [0.4, 0.5) is 8.78 Å². The largest absolute Gasteiger partial charge is 0.351 e. The molecule has 0 atom stereocenters. The molecule has 5 heteroatoms. The van der Waals surface area contributed by atoms with Crippen LogP contribution in [0, 0.1) is 11.6 Å². The number of hydrogen-bond acceptors (Lipinski definition) is 1. The van der Waals surface area contributed by atoms with Gasteiger partial charge in [0.2, 0.25) is 0 Å². The SMILES string of the molecule is O=Cc1c(-c2cccc(F)c2)[nH]c2c(F)c(Cl)ccc12. The number of halogens is 3. The first-order valence-electron chi connectivity index (χ1n) is 5.82. The highest BCUT2D eigenvalue weighted by Crippen LogP contribution is 2.33. The van der Waals surface area contributed by atoms with Crippen molar-refractivity contribution in [3.63, 3.8) is 0 Å². The van der Waals surface area contributed by atoms with E-state index in [4.69, 9.17) is 11.6 Å². The van der Waals surface area contributed by atoms with Crippen LogP contribution in [-0.4, -0.2) is 11.3 Å². The van der Waals surface area contributed by atoms with Gasteiger partial charge in [0.05, 0.1) is 16.2 Å². The number of H-pyrrole nitrogens is 1. The van der Waals surface area contributed by atoms with E-state index in [1.807, 2.05) is 0 Å². The van der Waals surface area contributed by atoms with Gasteiger partial charge in [0.1, 0.15) is 5.82 Å². The van der Waals surface area contributed by atoms with E-state index in [0.29, 0.717) is 22.9 Å². The number of rotatable bonds is 2. The molecular weight excluding hydrogens is 284 g/mol. The molecule has 0 fully saturated rings. The van der Waals surface area contributed by atoms with Crippen molar-refractivity contribution in [2.24, 2.45) is 0 Å². The molecule has 0 spiro atoms. The summed E-state index contributed by atoms with van der Waals surface area (Å²) in [4.78, 5) is 14.1. The average Bonchev–Trinajstić information content (AvgIpc) is 2.82. The van der Waals surface area contributed by atoms with Gasteiger partial charge in [-0.1, -0.05) is 29.8 Å². The quantitative estimate of drug-likeness (QED) is 0.689. The lowest BCUT2D eigenvalue weighted by Crippen LogP contribution is -1.85. The minimum atomic E-state index is -0.630. The van der Waals surface area contributed by atoms with Crippen LogP contribution in [0.25, 0.3) is 22.2 Å². The highest BCUT2D eigenvalue weighted by Gasteiger charge is 2.17. The Labute approximate surface area is 118 Å². The normalized spacial score (nSPS) is 10.9. The van der Waals surface area contributed by atoms with Crippen LogP contribution in [0.1, 0.15) is 10.4 Å². The Hall–Kier alpha value is -2.20. The number of fused-ring (bicyclic) bond motifs is 1. The molecule has 2 aromatic carbocycles. The van der Waals surface area contributed by atoms with E-state index in [0.717, 1.165) is 0 Å². The minimum absolute atomic E-state index is 0.0398. The number of aldehydes is 1. The minimum Gasteiger partial charge on any atom is -0.351 e. The van der Waals surface area contributed by atoms with Crippen molar-refractivity contribution in [1.82, 2.24) is 4.98 Å². The molecule has 100 valence electrons. The fourth-order valence-electron chi connectivity index (χ4n) is 2.22. The molecule has 1 heterocycles. The lowest BCUT2D eigenvalue weighted by Gasteiger charge is -1.99. The second-order valence-electron chi connectivity index (χ2n) is 4.33. The van der Waals surface area contributed by atoms with E-state index < -0.39 is 11.6 Å². The van der Waals surface area contributed by atoms with E-state index in [-0.39, 0.29) is 16.1 Å². The van der Waals surface area contributed by atoms with Crippen LogP contribution < -0.4 is 0 Å². The van der Waals surface area contributed by atoms with Gasteiger partial charge >= 0.3 is 0 Å². The maximum atomic E-state index is 14.0. The average molecular weight is 292 g/mol. The standard InChI is InChI=1S/C15H8ClF2NO/c16-12-5-4-10-11(7-20)14(19-15(10)13(12)18)8-2-1-3-9(17)6-8/h1-7,19H. The van der Waals surface area contributed by atoms with Crippen molar-refractivity contribution < 1.29 is 13.6 Å². The number of carbonyl (C=O) groups excluding carboxylic acids is 1. The first-order valence-corrected chi connectivity index (χ1v) is 6.20. The molecule has 0 aliphatic heterocycles. The highest BCUT2D eigenvalue weighted by atomic mass is 35.5. The topological polar surface area (TPSA) is 32.9 Å². The predicted molar refractivity (Wildman–Crippen MR) is 74.0 cm³/mol. The van der Waals surface area contributed by atoms with E-state index in [1.54, 1.807) is 12.1 Å². The van der Waals surface area contributed by atoms with Gasteiger partial charge in [0, 0.05) is 16.5 Å². The second kappa shape index (κ2) is 4.72. The van der Waals surface area contributed by atoms with Gasteiger partial charge in [0.15, 0.2) is 12.1 Å². The number of aromatic amines is 1. The van der Waals surface area contributed by atoms with Crippen LogP contribution in [0.3, 0.4) is 0 Å². The van der Waals surface area contributed by atoms with E-state index in [1.165, 1.54) is 24.3 Å². The Morgan fingerprint density at radius 1 is 1.15 bits per heavy atom. The Balaban J connectivity index is 2.36. The fourth-order valence-corrected chi connectivity index (χ4v) is 2.38. The maximum absolute atomic E-state index is 14.0.